The summed E-state index contributed by atoms with van der Waals surface area (Å²) >= 11 is 0. The van der Waals surface area contributed by atoms with Crippen LogP contribution < -0.4 is 0 Å². The first-order valence-corrected chi connectivity index (χ1v) is 7.12. The summed E-state index contributed by atoms with van der Waals surface area (Å²) < 4.78 is 1.85. The second-order valence-electron chi connectivity index (χ2n) is 5.34. The third-order valence-corrected chi connectivity index (χ3v) is 4.08. The molecule has 1 aliphatic carbocycles. The van der Waals surface area contributed by atoms with E-state index in [4.69, 9.17) is 0 Å². The average molecular weight is 269 g/mol. The van der Waals surface area contributed by atoms with E-state index in [0.29, 0.717) is 11.7 Å². The minimum Gasteiger partial charge on any atom is -0.337 e. The molecule has 0 saturated heterocycles. The quantitative estimate of drug-likeness (QED) is 0.859. The van der Waals surface area contributed by atoms with Gasteiger partial charge in [0.1, 0.15) is 5.69 Å². The predicted molar refractivity (Wildman–Crippen MR) is 77.9 cm³/mol. The first-order chi connectivity index (χ1) is 9.77. The summed E-state index contributed by atoms with van der Waals surface area (Å²) in [5, 5.41) is 0. The fourth-order valence-electron chi connectivity index (χ4n) is 2.89. The molecule has 2 aromatic rings. The van der Waals surface area contributed by atoms with Crippen molar-refractivity contribution in [2.75, 3.05) is 7.05 Å². The van der Waals surface area contributed by atoms with E-state index < -0.39 is 0 Å². The first-order valence-electron chi connectivity index (χ1n) is 7.12. The van der Waals surface area contributed by atoms with Crippen LogP contribution in [0.4, 0.5) is 0 Å². The van der Waals surface area contributed by atoms with Crippen LogP contribution in [0, 0.1) is 0 Å². The van der Waals surface area contributed by atoms with Crippen LogP contribution in [0.5, 0.6) is 0 Å². The number of hydrogen-bond acceptors (Lipinski definition) is 2. The zero-order valence-corrected chi connectivity index (χ0v) is 11.7. The summed E-state index contributed by atoms with van der Waals surface area (Å²) in [7, 11) is 1.90. The highest BCUT2D eigenvalue weighted by Crippen LogP contribution is 2.24. The summed E-state index contributed by atoms with van der Waals surface area (Å²) in [5.41, 5.74) is 1.60. The van der Waals surface area contributed by atoms with Gasteiger partial charge in [0, 0.05) is 18.8 Å². The molecule has 1 aromatic heterocycles. The van der Waals surface area contributed by atoms with Crippen LogP contribution in [0.1, 0.15) is 36.2 Å². The maximum atomic E-state index is 12.7. The molecule has 0 aliphatic heterocycles. The van der Waals surface area contributed by atoms with Crippen LogP contribution in [0.25, 0.3) is 5.69 Å². The number of nitrogens with zero attached hydrogens (tertiary/aromatic N) is 3. The van der Waals surface area contributed by atoms with Crippen molar-refractivity contribution in [3.8, 4) is 5.69 Å². The van der Waals surface area contributed by atoms with Crippen LogP contribution in [0.3, 0.4) is 0 Å². The smallest absolute Gasteiger partial charge is 0.272 e. The van der Waals surface area contributed by atoms with Gasteiger partial charge in [-0.05, 0) is 25.0 Å². The molecule has 0 atom stereocenters. The molecule has 0 radical (unpaired) electrons. The summed E-state index contributed by atoms with van der Waals surface area (Å²) in [6, 6.07) is 10.2. The number of rotatable bonds is 3. The van der Waals surface area contributed by atoms with Gasteiger partial charge in [-0.25, -0.2) is 4.98 Å². The highest BCUT2D eigenvalue weighted by molar-refractivity contribution is 5.93. The zero-order chi connectivity index (χ0) is 13.9. The van der Waals surface area contributed by atoms with Crippen LogP contribution in [-0.4, -0.2) is 33.4 Å². The summed E-state index contributed by atoms with van der Waals surface area (Å²) in [5.74, 6) is 0.0539. The van der Waals surface area contributed by atoms with Crippen molar-refractivity contribution in [2.24, 2.45) is 0 Å². The molecule has 1 aromatic carbocycles. The van der Waals surface area contributed by atoms with Gasteiger partial charge in [-0.3, -0.25) is 9.36 Å². The number of carbonyl (C=O) groups excluding carboxylic acids is 1. The van der Waals surface area contributed by atoms with Gasteiger partial charge in [0.25, 0.3) is 5.91 Å². The Morgan fingerprint density at radius 1 is 1.25 bits per heavy atom. The van der Waals surface area contributed by atoms with E-state index in [1.165, 1.54) is 12.8 Å². The zero-order valence-electron chi connectivity index (χ0n) is 11.7. The second-order valence-corrected chi connectivity index (χ2v) is 5.34. The van der Waals surface area contributed by atoms with E-state index in [1.54, 1.807) is 12.5 Å². The predicted octanol–water partition coefficient (Wildman–Crippen LogP) is 2.89. The van der Waals surface area contributed by atoms with Crippen LogP contribution >= 0.6 is 0 Å². The number of aromatic nitrogens is 2. The molecular formula is C16H19N3O. The lowest BCUT2D eigenvalue weighted by Crippen LogP contribution is -2.36. The number of benzene rings is 1. The second kappa shape index (κ2) is 5.49. The van der Waals surface area contributed by atoms with Gasteiger partial charge in [0.15, 0.2) is 0 Å². The Bertz CT molecular complexity index is 585. The summed E-state index contributed by atoms with van der Waals surface area (Å²) in [6.07, 6.45) is 8.02. The van der Waals surface area contributed by atoms with Crippen molar-refractivity contribution in [2.45, 2.75) is 31.7 Å². The lowest BCUT2D eigenvalue weighted by atomic mass is 10.2. The van der Waals surface area contributed by atoms with E-state index in [0.717, 1.165) is 18.5 Å². The maximum Gasteiger partial charge on any atom is 0.272 e. The Morgan fingerprint density at radius 2 is 1.95 bits per heavy atom. The molecule has 20 heavy (non-hydrogen) atoms. The highest BCUT2D eigenvalue weighted by Gasteiger charge is 2.26. The van der Waals surface area contributed by atoms with Gasteiger partial charge in [0.2, 0.25) is 0 Å². The third-order valence-electron chi connectivity index (χ3n) is 4.08. The molecule has 104 valence electrons. The normalized spacial score (nSPS) is 15.4. The number of imidazole rings is 1. The Balaban J connectivity index is 1.87. The van der Waals surface area contributed by atoms with Gasteiger partial charge >= 0.3 is 0 Å². The molecule has 1 amide bonds. The molecule has 4 heteroatoms. The standard InChI is InChI=1S/C16H19N3O/c1-18(13-7-5-6-8-13)16(20)15-11-17-12-19(15)14-9-3-2-4-10-14/h2-4,9-13H,5-8H2,1H3. The topological polar surface area (TPSA) is 38.1 Å². The van der Waals surface area contributed by atoms with Gasteiger partial charge in [0.05, 0.1) is 12.5 Å². The summed E-state index contributed by atoms with van der Waals surface area (Å²) in [4.78, 5) is 18.7. The molecule has 0 N–H and O–H groups in total. The van der Waals surface area contributed by atoms with Gasteiger partial charge in [-0.2, -0.15) is 0 Å². The lowest BCUT2D eigenvalue weighted by molar-refractivity contribution is 0.0727. The van der Waals surface area contributed by atoms with Gasteiger partial charge in [-0.1, -0.05) is 31.0 Å². The molecule has 3 rings (SSSR count). The summed E-state index contributed by atoms with van der Waals surface area (Å²) in [6.45, 7) is 0. The van der Waals surface area contributed by atoms with Crippen molar-refractivity contribution in [3.63, 3.8) is 0 Å². The van der Waals surface area contributed by atoms with Crippen molar-refractivity contribution in [3.05, 3.63) is 48.5 Å². The molecule has 1 heterocycles. The Hall–Kier alpha value is -2.10. The molecule has 1 saturated carbocycles. The van der Waals surface area contributed by atoms with Gasteiger partial charge < -0.3 is 4.90 Å². The Kier molecular flexibility index (Phi) is 3.54. The first kappa shape index (κ1) is 12.9. The van der Waals surface area contributed by atoms with E-state index >= 15 is 0 Å². The van der Waals surface area contributed by atoms with E-state index in [2.05, 4.69) is 4.98 Å². The van der Waals surface area contributed by atoms with E-state index in [-0.39, 0.29) is 5.91 Å². The SMILES string of the molecule is CN(C(=O)c1cncn1-c1ccccc1)C1CCCC1. The molecule has 1 fully saturated rings. The van der Waals surface area contributed by atoms with Crippen LogP contribution in [-0.2, 0) is 0 Å². The van der Waals surface area contributed by atoms with E-state index in [1.807, 2.05) is 46.8 Å². The Morgan fingerprint density at radius 3 is 2.65 bits per heavy atom. The van der Waals surface area contributed by atoms with Crippen LogP contribution in [0.15, 0.2) is 42.9 Å². The largest absolute Gasteiger partial charge is 0.337 e. The fraction of sp³-hybridized carbons (Fsp3) is 0.375. The highest BCUT2D eigenvalue weighted by atomic mass is 16.2. The van der Waals surface area contributed by atoms with Crippen LogP contribution in [0.2, 0.25) is 0 Å². The molecule has 4 nitrogen and oxygen atoms in total. The van der Waals surface area contributed by atoms with Crippen molar-refractivity contribution in [1.29, 1.82) is 0 Å². The molecule has 0 spiro atoms. The Labute approximate surface area is 119 Å². The number of carbonyl (C=O) groups is 1. The minimum atomic E-state index is 0.0539. The fourth-order valence-corrected chi connectivity index (χ4v) is 2.89. The monoisotopic (exact) mass is 269 g/mol. The number of amides is 1. The molecule has 1 aliphatic rings. The molecule has 0 unspecified atom stereocenters. The van der Waals surface area contributed by atoms with Crippen molar-refractivity contribution < 1.29 is 4.79 Å². The van der Waals surface area contributed by atoms with Crippen molar-refractivity contribution in [1.82, 2.24) is 14.5 Å². The molecular weight excluding hydrogens is 250 g/mol. The van der Waals surface area contributed by atoms with Gasteiger partial charge in [-0.15, -0.1) is 0 Å². The maximum absolute atomic E-state index is 12.7. The van der Waals surface area contributed by atoms with Crippen molar-refractivity contribution >= 4 is 5.91 Å². The van der Waals surface area contributed by atoms with E-state index in [9.17, 15) is 4.79 Å². The third kappa shape index (κ3) is 2.33. The average Bonchev–Trinajstić information content (AvgIpc) is 3.17. The number of para-hydroxylation sites is 1. The number of hydrogen-bond donors (Lipinski definition) is 0. The minimum absolute atomic E-state index is 0.0539. The molecule has 0 bridgehead atoms. The lowest BCUT2D eigenvalue weighted by Gasteiger charge is -2.24.